The van der Waals surface area contributed by atoms with Gasteiger partial charge in [-0.3, -0.25) is 4.90 Å². The third-order valence-corrected chi connectivity index (χ3v) is 3.11. The number of thiocarbonyl (C=S) groups is 1. The lowest BCUT2D eigenvalue weighted by Gasteiger charge is -2.36. The standard InChI is InChI=1S/C10H20N2OS/c1-3-13-9-5-4-6-12(7-9)8(2)10(11)14/h8-9H,3-7H2,1-2H3,(H2,11,14). The Morgan fingerprint density at radius 2 is 2.43 bits per heavy atom. The van der Waals surface area contributed by atoms with Gasteiger partial charge in [-0.2, -0.15) is 0 Å². The van der Waals surface area contributed by atoms with Gasteiger partial charge >= 0.3 is 0 Å². The van der Waals surface area contributed by atoms with Gasteiger partial charge in [-0.05, 0) is 33.2 Å². The summed E-state index contributed by atoms with van der Waals surface area (Å²) in [5.41, 5.74) is 5.64. The van der Waals surface area contributed by atoms with Crippen molar-refractivity contribution in [1.29, 1.82) is 0 Å². The van der Waals surface area contributed by atoms with Gasteiger partial charge in [0.15, 0.2) is 0 Å². The van der Waals surface area contributed by atoms with Crippen LogP contribution >= 0.6 is 12.2 Å². The van der Waals surface area contributed by atoms with Crippen LogP contribution < -0.4 is 5.73 Å². The first-order chi connectivity index (χ1) is 6.65. The Morgan fingerprint density at radius 1 is 1.71 bits per heavy atom. The number of likely N-dealkylation sites (tertiary alicyclic amines) is 1. The van der Waals surface area contributed by atoms with Crippen molar-refractivity contribution in [3.63, 3.8) is 0 Å². The molecule has 0 saturated carbocycles. The predicted molar refractivity (Wildman–Crippen MR) is 62.5 cm³/mol. The highest BCUT2D eigenvalue weighted by atomic mass is 32.1. The lowest BCUT2D eigenvalue weighted by atomic mass is 10.1. The molecule has 2 N–H and O–H groups in total. The Labute approximate surface area is 91.6 Å². The summed E-state index contributed by atoms with van der Waals surface area (Å²) in [4.78, 5) is 2.90. The fourth-order valence-corrected chi connectivity index (χ4v) is 2.02. The average molecular weight is 216 g/mol. The first-order valence-electron chi connectivity index (χ1n) is 5.30. The molecule has 0 radical (unpaired) electrons. The molecule has 0 aromatic rings. The molecule has 1 fully saturated rings. The van der Waals surface area contributed by atoms with Crippen LogP contribution in [0, 0.1) is 0 Å². The van der Waals surface area contributed by atoms with Gasteiger partial charge in [0.25, 0.3) is 0 Å². The van der Waals surface area contributed by atoms with Gasteiger partial charge < -0.3 is 10.5 Å². The molecule has 2 unspecified atom stereocenters. The van der Waals surface area contributed by atoms with Crippen molar-refractivity contribution < 1.29 is 4.74 Å². The number of hydrogen-bond acceptors (Lipinski definition) is 3. The molecule has 1 aliphatic heterocycles. The topological polar surface area (TPSA) is 38.5 Å². The summed E-state index contributed by atoms with van der Waals surface area (Å²) in [5, 5.41) is 0. The van der Waals surface area contributed by atoms with Gasteiger partial charge in [-0.25, -0.2) is 0 Å². The summed E-state index contributed by atoms with van der Waals surface area (Å²) in [6.45, 7) is 6.95. The average Bonchev–Trinajstić information content (AvgIpc) is 2.17. The Hall–Kier alpha value is -0.190. The zero-order chi connectivity index (χ0) is 10.6. The lowest BCUT2D eigenvalue weighted by Crippen LogP contribution is -2.48. The second-order valence-electron chi connectivity index (χ2n) is 3.79. The van der Waals surface area contributed by atoms with Crippen molar-refractivity contribution in [3.8, 4) is 0 Å². The van der Waals surface area contributed by atoms with E-state index in [1.807, 2.05) is 6.92 Å². The molecule has 1 rings (SSSR count). The van der Waals surface area contributed by atoms with E-state index in [9.17, 15) is 0 Å². The molecule has 0 aromatic heterocycles. The summed E-state index contributed by atoms with van der Waals surface area (Å²) in [5.74, 6) is 0. The molecular formula is C10H20N2OS. The molecular weight excluding hydrogens is 196 g/mol. The van der Waals surface area contributed by atoms with E-state index in [1.54, 1.807) is 0 Å². The summed E-state index contributed by atoms with van der Waals surface area (Å²) < 4.78 is 5.62. The molecule has 0 aromatic carbocycles. The molecule has 4 heteroatoms. The smallest absolute Gasteiger partial charge is 0.0899 e. The monoisotopic (exact) mass is 216 g/mol. The van der Waals surface area contributed by atoms with E-state index in [-0.39, 0.29) is 6.04 Å². The molecule has 3 nitrogen and oxygen atoms in total. The fraction of sp³-hybridized carbons (Fsp3) is 0.900. The number of nitrogens with two attached hydrogens (primary N) is 1. The summed E-state index contributed by atoms with van der Waals surface area (Å²) in [6.07, 6.45) is 2.71. The van der Waals surface area contributed by atoms with E-state index in [2.05, 4.69) is 11.8 Å². The van der Waals surface area contributed by atoms with Crippen LogP contribution in [0.25, 0.3) is 0 Å². The zero-order valence-electron chi connectivity index (χ0n) is 9.03. The van der Waals surface area contributed by atoms with Gasteiger partial charge in [0.05, 0.1) is 17.1 Å². The number of rotatable bonds is 4. The van der Waals surface area contributed by atoms with Crippen molar-refractivity contribution in [2.75, 3.05) is 19.7 Å². The van der Waals surface area contributed by atoms with Gasteiger partial charge in [0.2, 0.25) is 0 Å². The van der Waals surface area contributed by atoms with Crippen LogP contribution in [0.5, 0.6) is 0 Å². The van der Waals surface area contributed by atoms with E-state index in [0.29, 0.717) is 11.1 Å². The van der Waals surface area contributed by atoms with Crippen LogP contribution in [0.3, 0.4) is 0 Å². The van der Waals surface area contributed by atoms with Crippen molar-refractivity contribution in [3.05, 3.63) is 0 Å². The first kappa shape index (κ1) is 11.9. The highest BCUT2D eigenvalue weighted by molar-refractivity contribution is 7.80. The molecule has 0 amide bonds. The second-order valence-corrected chi connectivity index (χ2v) is 4.26. The molecule has 14 heavy (non-hydrogen) atoms. The maximum Gasteiger partial charge on any atom is 0.0899 e. The normalized spacial score (nSPS) is 26.0. The Morgan fingerprint density at radius 3 is 3.00 bits per heavy atom. The summed E-state index contributed by atoms with van der Waals surface area (Å²) in [7, 11) is 0. The SMILES string of the molecule is CCOC1CCCN(C(C)C(N)=S)C1. The maximum absolute atomic E-state index is 5.64. The molecule has 1 heterocycles. The predicted octanol–water partition coefficient (Wildman–Crippen LogP) is 1.16. The van der Waals surface area contributed by atoms with Crippen LogP contribution in [-0.4, -0.2) is 41.7 Å². The fourth-order valence-electron chi connectivity index (χ4n) is 1.87. The third kappa shape index (κ3) is 3.19. The molecule has 0 aliphatic carbocycles. The number of hydrogen-bond donors (Lipinski definition) is 1. The minimum atomic E-state index is 0.202. The molecule has 0 spiro atoms. The molecule has 1 saturated heterocycles. The van der Waals surface area contributed by atoms with Gasteiger partial charge in [0, 0.05) is 13.2 Å². The Bertz CT molecular complexity index is 197. The maximum atomic E-state index is 5.64. The number of nitrogens with zero attached hydrogens (tertiary/aromatic N) is 1. The van der Waals surface area contributed by atoms with Gasteiger partial charge in [0.1, 0.15) is 0 Å². The largest absolute Gasteiger partial charge is 0.392 e. The van der Waals surface area contributed by atoms with Crippen LogP contribution in [0.2, 0.25) is 0 Å². The van der Waals surface area contributed by atoms with Crippen molar-refractivity contribution in [1.82, 2.24) is 4.90 Å². The minimum Gasteiger partial charge on any atom is -0.392 e. The van der Waals surface area contributed by atoms with Crippen molar-refractivity contribution in [2.45, 2.75) is 38.8 Å². The van der Waals surface area contributed by atoms with Crippen molar-refractivity contribution >= 4 is 17.2 Å². The zero-order valence-corrected chi connectivity index (χ0v) is 9.85. The third-order valence-electron chi connectivity index (χ3n) is 2.77. The lowest BCUT2D eigenvalue weighted by molar-refractivity contribution is 0.00229. The van der Waals surface area contributed by atoms with Gasteiger partial charge in [-0.15, -0.1) is 0 Å². The first-order valence-corrected chi connectivity index (χ1v) is 5.71. The summed E-state index contributed by atoms with van der Waals surface area (Å²) in [6, 6.07) is 0.202. The quantitative estimate of drug-likeness (QED) is 0.716. The van der Waals surface area contributed by atoms with E-state index in [0.717, 1.165) is 26.1 Å². The van der Waals surface area contributed by atoms with Gasteiger partial charge in [-0.1, -0.05) is 12.2 Å². The van der Waals surface area contributed by atoms with Crippen LogP contribution in [0.1, 0.15) is 26.7 Å². The molecule has 82 valence electrons. The van der Waals surface area contributed by atoms with E-state index < -0.39 is 0 Å². The highest BCUT2D eigenvalue weighted by Gasteiger charge is 2.24. The molecule has 1 aliphatic rings. The second kappa shape index (κ2) is 5.63. The van der Waals surface area contributed by atoms with Crippen LogP contribution in [0.15, 0.2) is 0 Å². The van der Waals surface area contributed by atoms with Crippen LogP contribution in [-0.2, 0) is 4.74 Å². The molecule has 2 atom stereocenters. The van der Waals surface area contributed by atoms with E-state index in [1.165, 1.54) is 6.42 Å². The summed E-state index contributed by atoms with van der Waals surface area (Å²) >= 11 is 5.00. The highest BCUT2D eigenvalue weighted by Crippen LogP contribution is 2.15. The number of ether oxygens (including phenoxy) is 1. The van der Waals surface area contributed by atoms with E-state index >= 15 is 0 Å². The Balaban J connectivity index is 2.43. The van der Waals surface area contributed by atoms with Crippen molar-refractivity contribution in [2.24, 2.45) is 5.73 Å². The Kier molecular flexibility index (Phi) is 4.78. The number of piperidine rings is 1. The minimum absolute atomic E-state index is 0.202. The van der Waals surface area contributed by atoms with E-state index in [4.69, 9.17) is 22.7 Å². The molecule has 0 bridgehead atoms. The van der Waals surface area contributed by atoms with Crippen LogP contribution in [0.4, 0.5) is 0 Å².